The molecule has 0 fully saturated rings. The summed E-state index contributed by atoms with van der Waals surface area (Å²) in [6.07, 6.45) is -4.40. The highest BCUT2D eigenvalue weighted by molar-refractivity contribution is 5.93. The molecule has 4 nitrogen and oxygen atoms in total. The van der Waals surface area contributed by atoms with Gasteiger partial charge in [0.05, 0.1) is 11.1 Å². The average Bonchev–Trinajstić information content (AvgIpc) is 2.60. The first kappa shape index (κ1) is 16.5. The van der Waals surface area contributed by atoms with Crippen molar-refractivity contribution in [3.05, 3.63) is 53.7 Å². The number of pyridine rings is 1. The number of hydrogen-bond donors (Lipinski definition) is 1. The van der Waals surface area contributed by atoms with Crippen LogP contribution in [-0.4, -0.2) is 18.2 Å². The zero-order valence-corrected chi connectivity index (χ0v) is 13.9. The second kappa shape index (κ2) is 6.09. The van der Waals surface area contributed by atoms with Gasteiger partial charge < -0.3 is 14.8 Å². The van der Waals surface area contributed by atoms with E-state index in [0.717, 1.165) is 17.8 Å². The predicted octanol–water partition coefficient (Wildman–Crippen LogP) is 5.08. The Labute approximate surface area is 147 Å². The zero-order chi connectivity index (χ0) is 18.3. The van der Waals surface area contributed by atoms with E-state index in [9.17, 15) is 13.2 Å². The Hall–Kier alpha value is -2.96. The van der Waals surface area contributed by atoms with Gasteiger partial charge >= 0.3 is 6.18 Å². The normalized spacial score (nSPS) is 13.7. The third kappa shape index (κ3) is 3.12. The van der Waals surface area contributed by atoms with Gasteiger partial charge in [0.25, 0.3) is 0 Å². The van der Waals surface area contributed by atoms with Gasteiger partial charge in [-0.05, 0) is 37.3 Å². The van der Waals surface area contributed by atoms with Crippen LogP contribution in [0, 0.1) is 6.92 Å². The molecular weight excluding hydrogens is 345 g/mol. The van der Waals surface area contributed by atoms with E-state index in [2.05, 4.69) is 10.3 Å². The number of anilines is 2. The Morgan fingerprint density at radius 1 is 0.962 bits per heavy atom. The molecule has 0 saturated carbocycles. The van der Waals surface area contributed by atoms with Gasteiger partial charge in [-0.3, -0.25) is 4.98 Å². The predicted molar refractivity (Wildman–Crippen MR) is 92.2 cm³/mol. The summed E-state index contributed by atoms with van der Waals surface area (Å²) in [6, 6.07) is 10.8. The topological polar surface area (TPSA) is 43.4 Å². The zero-order valence-electron chi connectivity index (χ0n) is 13.9. The van der Waals surface area contributed by atoms with Gasteiger partial charge in [0.2, 0.25) is 0 Å². The maximum atomic E-state index is 13.0. The van der Waals surface area contributed by atoms with Crippen LogP contribution in [-0.2, 0) is 6.18 Å². The van der Waals surface area contributed by atoms with Crippen molar-refractivity contribution >= 4 is 22.3 Å². The third-order valence-corrected chi connectivity index (χ3v) is 4.09. The quantitative estimate of drug-likeness (QED) is 0.692. The standard InChI is InChI=1S/C19H15F3N2O2/c1-11-8-15(14-4-2-12(19(20,21)22)9-16(14)23-11)24-13-3-5-17-18(10-13)26-7-6-25-17/h2-5,8-10H,6-7H2,1H3,(H,23,24). The van der Waals surface area contributed by atoms with E-state index in [4.69, 9.17) is 9.47 Å². The minimum atomic E-state index is -4.40. The largest absolute Gasteiger partial charge is 0.486 e. The molecule has 0 unspecified atom stereocenters. The number of benzene rings is 2. The molecule has 0 aliphatic carbocycles. The third-order valence-electron chi connectivity index (χ3n) is 4.09. The van der Waals surface area contributed by atoms with Crippen LogP contribution in [0.4, 0.5) is 24.5 Å². The summed E-state index contributed by atoms with van der Waals surface area (Å²) in [5, 5.41) is 3.85. The van der Waals surface area contributed by atoms with E-state index in [1.807, 2.05) is 6.07 Å². The number of rotatable bonds is 2. The molecule has 134 valence electrons. The van der Waals surface area contributed by atoms with Crippen LogP contribution in [0.1, 0.15) is 11.3 Å². The number of alkyl halides is 3. The molecule has 0 amide bonds. The Bertz CT molecular complexity index is 986. The van der Waals surface area contributed by atoms with Crippen molar-refractivity contribution in [1.29, 1.82) is 0 Å². The monoisotopic (exact) mass is 360 g/mol. The van der Waals surface area contributed by atoms with E-state index >= 15 is 0 Å². The summed E-state index contributed by atoms with van der Waals surface area (Å²) in [6.45, 7) is 2.73. The molecular formula is C19H15F3N2O2. The summed E-state index contributed by atoms with van der Waals surface area (Å²) >= 11 is 0. The van der Waals surface area contributed by atoms with Gasteiger partial charge in [-0.15, -0.1) is 0 Å². The first-order valence-corrected chi connectivity index (χ1v) is 8.05. The Morgan fingerprint density at radius 2 is 1.73 bits per heavy atom. The minimum Gasteiger partial charge on any atom is -0.486 e. The van der Waals surface area contributed by atoms with Crippen molar-refractivity contribution in [2.45, 2.75) is 13.1 Å². The molecule has 1 aromatic heterocycles. The van der Waals surface area contributed by atoms with Crippen molar-refractivity contribution in [2.24, 2.45) is 0 Å². The van der Waals surface area contributed by atoms with Gasteiger partial charge in [-0.1, -0.05) is 6.07 Å². The van der Waals surface area contributed by atoms with Gasteiger partial charge in [0.15, 0.2) is 11.5 Å². The highest BCUT2D eigenvalue weighted by Crippen LogP contribution is 2.36. The molecule has 0 saturated heterocycles. The fourth-order valence-corrected chi connectivity index (χ4v) is 2.92. The van der Waals surface area contributed by atoms with Crippen LogP contribution in [0.2, 0.25) is 0 Å². The first-order chi connectivity index (χ1) is 12.4. The van der Waals surface area contributed by atoms with Crippen LogP contribution in [0.25, 0.3) is 10.9 Å². The van der Waals surface area contributed by atoms with Crippen molar-refractivity contribution < 1.29 is 22.6 Å². The minimum absolute atomic E-state index is 0.292. The van der Waals surface area contributed by atoms with E-state index in [-0.39, 0.29) is 0 Å². The van der Waals surface area contributed by atoms with Crippen LogP contribution in [0.3, 0.4) is 0 Å². The molecule has 7 heteroatoms. The van der Waals surface area contributed by atoms with E-state index in [0.29, 0.717) is 47.0 Å². The van der Waals surface area contributed by atoms with E-state index in [1.54, 1.807) is 25.1 Å². The second-order valence-corrected chi connectivity index (χ2v) is 6.02. The molecule has 26 heavy (non-hydrogen) atoms. The molecule has 2 aromatic carbocycles. The fourth-order valence-electron chi connectivity index (χ4n) is 2.92. The molecule has 0 radical (unpaired) electrons. The van der Waals surface area contributed by atoms with Gasteiger partial charge in [-0.2, -0.15) is 13.2 Å². The van der Waals surface area contributed by atoms with Crippen LogP contribution in [0.15, 0.2) is 42.5 Å². The summed E-state index contributed by atoms with van der Waals surface area (Å²) < 4.78 is 49.9. The molecule has 2 heterocycles. The summed E-state index contributed by atoms with van der Waals surface area (Å²) in [5.74, 6) is 1.31. The second-order valence-electron chi connectivity index (χ2n) is 6.02. The molecule has 0 spiro atoms. The Kier molecular flexibility index (Phi) is 3.86. The Morgan fingerprint density at radius 3 is 2.50 bits per heavy atom. The van der Waals surface area contributed by atoms with Crippen molar-refractivity contribution in [3.8, 4) is 11.5 Å². The van der Waals surface area contributed by atoms with Crippen molar-refractivity contribution in [3.63, 3.8) is 0 Å². The SMILES string of the molecule is Cc1cc(Nc2ccc3c(c2)OCCO3)c2ccc(C(F)(F)F)cc2n1. The lowest BCUT2D eigenvalue weighted by atomic mass is 10.1. The molecule has 1 N–H and O–H groups in total. The first-order valence-electron chi connectivity index (χ1n) is 8.05. The molecule has 4 rings (SSSR count). The summed E-state index contributed by atoms with van der Waals surface area (Å²) in [4.78, 5) is 4.24. The Balaban J connectivity index is 1.74. The summed E-state index contributed by atoms with van der Waals surface area (Å²) in [5.41, 5.74) is 1.63. The smallest absolute Gasteiger partial charge is 0.416 e. The lowest BCUT2D eigenvalue weighted by Crippen LogP contribution is -2.15. The lowest BCUT2D eigenvalue weighted by Gasteiger charge is -2.19. The molecule has 0 bridgehead atoms. The molecule has 1 aliphatic heterocycles. The van der Waals surface area contributed by atoms with Crippen LogP contribution >= 0.6 is 0 Å². The molecule has 3 aromatic rings. The van der Waals surface area contributed by atoms with E-state index in [1.165, 1.54) is 6.07 Å². The van der Waals surface area contributed by atoms with Gasteiger partial charge in [0, 0.05) is 28.5 Å². The summed E-state index contributed by atoms with van der Waals surface area (Å²) in [7, 11) is 0. The maximum absolute atomic E-state index is 13.0. The number of nitrogens with zero attached hydrogens (tertiary/aromatic N) is 1. The lowest BCUT2D eigenvalue weighted by molar-refractivity contribution is -0.137. The number of hydrogen-bond acceptors (Lipinski definition) is 4. The van der Waals surface area contributed by atoms with Crippen LogP contribution in [0.5, 0.6) is 11.5 Å². The van der Waals surface area contributed by atoms with Crippen molar-refractivity contribution in [2.75, 3.05) is 18.5 Å². The van der Waals surface area contributed by atoms with Gasteiger partial charge in [-0.25, -0.2) is 0 Å². The number of fused-ring (bicyclic) bond motifs is 2. The number of nitrogens with one attached hydrogen (secondary N) is 1. The molecule has 0 atom stereocenters. The van der Waals surface area contributed by atoms with Gasteiger partial charge in [0.1, 0.15) is 13.2 Å². The number of aryl methyl sites for hydroxylation is 1. The average molecular weight is 360 g/mol. The number of aromatic nitrogens is 1. The molecule has 1 aliphatic rings. The highest BCUT2D eigenvalue weighted by atomic mass is 19.4. The number of ether oxygens (including phenoxy) is 2. The van der Waals surface area contributed by atoms with Crippen LogP contribution < -0.4 is 14.8 Å². The maximum Gasteiger partial charge on any atom is 0.416 e. The van der Waals surface area contributed by atoms with E-state index < -0.39 is 11.7 Å². The van der Waals surface area contributed by atoms with Crippen molar-refractivity contribution in [1.82, 2.24) is 4.98 Å². The highest BCUT2D eigenvalue weighted by Gasteiger charge is 2.30. The fraction of sp³-hybridized carbons (Fsp3) is 0.211. The number of halogens is 3.